The van der Waals surface area contributed by atoms with Crippen molar-refractivity contribution in [3.8, 4) is 0 Å². The summed E-state index contributed by atoms with van der Waals surface area (Å²) in [7, 11) is 1.25. The lowest BCUT2D eigenvalue weighted by atomic mass is 10.3. The van der Waals surface area contributed by atoms with Gasteiger partial charge in [0.2, 0.25) is 0 Å². The molecule has 0 bridgehead atoms. The molecule has 1 heterocycles. The summed E-state index contributed by atoms with van der Waals surface area (Å²) in [5, 5.41) is 12.4. The highest BCUT2D eigenvalue weighted by molar-refractivity contribution is 5.88. The summed E-state index contributed by atoms with van der Waals surface area (Å²) in [6.07, 6.45) is 2.61. The van der Waals surface area contributed by atoms with E-state index in [-0.39, 0.29) is 5.56 Å². The lowest BCUT2D eigenvalue weighted by Crippen LogP contribution is -2.15. The quantitative estimate of drug-likeness (QED) is 0.707. The smallest absolute Gasteiger partial charge is 0.341 e. The molecule has 76 valence electrons. The van der Waals surface area contributed by atoms with E-state index in [1.807, 2.05) is 0 Å². The molecule has 0 aromatic carbocycles. The third-order valence-corrected chi connectivity index (χ3v) is 1.78. The summed E-state index contributed by atoms with van der Waals surface area (Å²) in [6.45, 7) is 1.47. The molecular weight excluding hydrogens is 188 g/mol. The Kier molecular flexibility index (Phi) is 2.85. The fourth-order valence-electron chi connectivity index (χ4n) is 0.886. The molecule has 1 rings (SSSR count). The maximum atomic E-state index is 11.0. The van der Waals surface area contributed by atoms with E-state index < -0.39 is 18.0 Å². The van der Waals surface area contributed by atoms with Gasteiger partial charge in [0.1, 0.15) is 6.04 Å². The normalized spacial score (nSPS) is 12.1. The standard InChI is InChI=1S/C8H10N2O4/c1-5(7(11)12)10-4-6(3-9-10)8(13)14-2/h3-5H,1-2H3,(H,11,12)/t5-/m1/s1. The molecular formula is C8H10N2O4. The number of hydrogen-bond acceptors (Lipinski definition) is 4. The minimum Gasteiger partial charge on any atom is -0.480 e. The fraction of sp³-hybridized carbons (Fsp3) is 0.375. The Balaban J connectivity index is 2.88. The molecule has 0 saturated carbocycles. The lowest BCUT2D eigenvalue weighted by Gasteiger charge is -2.04. The number of esters is 1. The van der Waals surface area contributed by atoms with Gasteiger partial charge in [-0.3, -0.25) is 4.68 Å². The van der Waals surface area contributed by atoms with Crippen molar-refractivity contribution in [2.75, 3.05) is 7.11 Å². The van der Waals surface area contributed by atoms with Gasteiger partial charge in [0.05, 0.1) is 18.9 Å². The number of carbonyl (C=O) groups excluding carboxylic acids is 1. The van der Waals surface area contributed by atoms with E-state index in [4.69, 9.17) is 5.11 Å². The topological polar surface area (TPSA) is 81.4 Å². The summed E-state index contributed by atoms with van der Waals surface area (Å²) in [5.74, 6) is -1.54. The van der Waals surface area contributed by atoms with E-state index in [2.05, 4.69) is 9.84 Å². The predicted molar refractivity (Wildman–Crippen MR) is 45.9 cm³/mol. The van der Waals surface area contributed by atoms with Crippen LogP contribution in [-0.4, -0.2) is 33.9 Å². The van der Waals surface area contributed by atoms with Crippen LogP contribution >= 0.6 is 0 Å². The summed E-state index contributed by atoms with van der Waals surface area (Å²) in [6, 6.07) is -0.798. The van der Waals surface area contributed by atoms with Crippen LogP contribution in [0, 0.1) is 0 Å². The second-order valence-corrected chi connectivity index (χ2v) is 2.71. The van der Waals surface area contributed by atoms with Crippen LogP contribution in [0.1, 0.15) is 23.3 Å². The molecule has 0 aliphatic rings. The van der Waals surface area contributed by atoms with E-state index in [0.717, 1.165) is 0 Å². The molecule has 14 heavy (non-hydrogen) atoms. The highest BCUT2D eigenvalue weighted by atomic mass is 16.5. The second kappa shape index (κ2) is 3.91. The molecule has 1 atom stereocenters. The van der Waals surface area contributed by atoms with Crippen molar-refractivity contribution in [1.82, 2.24) is 9.78 Å². The van der Waals surface area contributed by atoms with Crippen molar-refractivity contribution in [1.29, 1.82) is 0 Å². The molecule has 6 heteroatoms. The van der Waals surface area contributed by atoms with Crippen molar-refractivity contribution in [2.45, 2.75) is 13.0 Å². The van der Waals surface area contributed by atoms with Crippen LogP contribution in [0.25, 0.3) is 0 Å². The number of nitrogens with zero attached hydrogens (tertiary/aromatic N) is 2. The number of methoxy groups -OCH3 is 1. The minimum atomic E-state index is -1.01. The van der Waals surface area contributed by atoms with Gasteiger partial charge in [-0.1, -0.05) is 0 Å². The Hall–Kier alpha value is -1.85. The maximum Gasteiger partial charge on any atom is 0.341 e. The summed E-state index contributed by atoms with van der Waals surface area (Å²) in [5.41, 5.74) is 0.237. The van der Waals surface area contributed by atoms with Gasteiger partial charge in [-0.2, -0.15) is 5.10 Å². The zero-order chi connectivity index (χ0) is 10.7. The largest absolute Gasteiger partial charge is 0.480 e. The molecule has 0 fully saturated rings. The Bertz CT molecular complexity index is 358. The molecule has 0 radical (unpaired) electrons. The molecule has 6 nitrogen and oxygen atoms in total. The van der Waals surface area contributed by atoms with Crippen LogP contribution in [0.3, 0.4) is 0 Å². The van der Waals surface area contributed by atoms with E-state index in [0.29, 0.717) is 0 Å². The molecule has 0 amide bonds. The van der Waals surface area contributed by atoms with Gasteiger partial charge in [0, 0.05) is 6.20 Å². The third-order valence-electron chi connectivity index (χ3n) is 1.78. The third kappa shape index (κ3) is 1.90. The zero-order valence-corrected chi connectivity index (χ0v) is 7.80. The van der Waals surface area contributed by atoms with Gasteiger partial charge in [-0.05, 0) is 6.92 Å². The zero-order valence-electron chi connectivity index (χ0n) is 7.80. The molecule has 1 N–H and O–H groups in total. The first-order chi connectivity index (χ1) is 6.56. The van der Waals surface area contributed by atoms with Gasteiger partial charge >= 0.3 is 11.9 Å². The fourth-order valence-corrected chi connectivity index (χ4v) is 0.886. The van der Waals surface area contributed by atoms with Crippen LogP contribution in [0.4, 0.5) is 0 Å². The molecule has 0 aliphatic heterocycles. The van der Waals surface area contributed by atoms with E-state index >= 15 is 0 Å². The number of aromatic nitrogens is 2. The van der Waals surface area contributed by atoms with E-state index in [1.165, 1.54) is 31.1 Å². The van der Waals surface area contributed by atoms with Crippen molar-refractivity contribution in [2.24, 2.45) is 0 Å². The SMILES string of the molecule is COC(=O)c1cnn([C@H](C)C(=O)O)c1. The van der Waals surface area contributed by atoms with Crippen LogP contribution in [0.5, 0.6) is 0 Å². The number of carboxylic acids is 1. The molecule has 0 unspecified atom stereocenters. The Labute approximate surface area is 80.1 Å². The van der Waals surface area contributed by atoms with Crippen molar-refractivity contribution in [3.63, 3.8) is 0 Å². The second-order valence-electron chi connectivity index (χ2n) is 2.71. The van der Waals surface area contributed by atoms with Crippen molar-refractivity contribution < 1.29 is 19.4 Å². The Morgan fingerprint density at radius 1 is 1.64 bits per heavy atom. The minimum absolute atomic E-state index is 0.237. The number of carboxylic acid groups (broad SMARTS) is 1. The molecule has 0 aliphatic carbocycles. The van der Waals surface area contributed by atoms with Crippen LogP contribution in [-0.2, 0) is 9.53 Å². The number of carbonyl (C=O) groups is 2. The van der Waals surface area contributed by atoms with Gasteiger partial charge in [-0.15, -0.1) is 0 Å². The first kappa shape index (κ1) is 10.2. The van der Waals surface area contributed by atoms with E-state index in [1.54, 1.807) is 0 Å². The summed E-state index contributed by atoms with van der Waals surface area (Å²) < 4.78 is 5.64. The number of ether oxygens (including phenoxy) is 1. The number of rotatable bonds is 3. The highest BCUT2D eigenvalue weighted by Crippen LogP contribution is 2.07. The predicted octanol–water partition coefficient (Wildman–Crippen LogP) is 0.315. The van der Waals surface area contributed by atoms with Crippen LogP contribution < -0.4 is 0 Å². The molecule has 1 aromatic heterocycles. The van der Waals surface area contributed by atoms with E-state index in [9.17, 15) is 9.59 Å². The number of hydrogen-bond donors (Lipinski definition) is 1. The van der Waals surface area contributed by atoms with Gasteiger partial charge in [-0.25, -0.2) is 9.59 Å². The summed E-state index contributed by atoms with van der Waals surface area (Å²) in [4.78, 5) is 21.6. The maximum absolute atomic E-state index is 11.0. The lowest BCUT2D eigenvalue weighted by molar-refractivity contribution is -0.140. The highest BCUT2D eigenvalue weighted by Gasteiger charge is 2.16. The van der Waals surface area contributed by atoms with Gasteiger partial charge in [0.25, 0.3) is 0 Å². The first-order valence-corrected chi connectivity index (χ1v) is 3.91. The first-order valence-electron chi connectivity index (χ1n) is 3.91. The average molecular weight is 198 g/mol. The Morgan fingerprint density at radius 2 is 2.29 bits per heavy atom. The van der Waals surface area contributed by atoms with Crippen molar-refractivity contribution >= 4 is 11.9 Å². The van der Waals surface area contributed by atoms with Crippen molar-refractivity contribution in [3.05, 3.63) is 18.0 Å². The molecule has 0 spiro atoms. The summed E-state index contributed by atoms with van der Waals surface area (Å²) >= 11 is 0. The van der Waals surface area contributed by atoms with Gasteiger partial charge in [0.15, 0.2) is 0 Å². The van der Waals surface area contributed by atoms with Crippen LogP contribution in [0.15, 0.2) is 12.4 Å². The molecule has 1 aromatic rings. The monoisotopic (exact) mass is 198 g/mol. The average Bonchev–Trinajstić information content (AvgIpc) is 2.64. The number of aliphatic carboxylic acids is 1. The molecule has 0 saturated heterocycles. The van der Waals surface area contributed by atoms with Gasteiger partial charge < -0.3 is 9.84 Å². The van der Waals surface area contributed by atoms with Crippen LogP contribution in [0.2, 0.25) is 0 Å². The Morgan fingerprint density at radius 3 is 2.79 bits per heavy atom.